The van der Waals surface area contributed by atoms with Gasteiger partial charge in [0.15, 0.2) is 0 Å². The second-order valence-electron chi connectivity index (χ2n) is 14.1. The van der Waals surface area contributed by atoms with Crippen LogP contribution in [-0.2, 0) is 20.9 Å². The zero-order valence-electron chi connectivity index (χ0n) is 29.8. The van der Waals surface area contributed by atoms with Gasteiger partial charge in [-0.3, -0.25) is 14.4 Å². The largest absolute Gasteiger partial charge is 0.369 e. The standard InChI is InChI=1S/C44H48N4O3/c1-4-5-20-37(42(45)49)38(25-30(2)3)43(50)46-39-29-47(36-18-7-6-8-19-36)40-21-11-12-22-41(40)48(44(39)51)28-31-14-13-17-33(26-31)35-24-23-32-15-9-10-16-34(32)27-35/h6-19,21-24,26-27,30,37-39H,4-5,20,25,28-29H2,1-3H3,(H2,45,49)(H,46,50). The van der Waals surface area contributed by atoms with E-state index in [2.05, 4.69) is 59.6 Å². The van der Waals surface area contributed by atoms with Crippen LogP contribution < -0.4 is 20.9 Å². The minimum atomic E-state index is -0.886. The van der Waals surface area contributed by atoms with Crippen molar-refractivity contribution in [3.63, 3.8) is 0 Å². The summed E-state index contributed by atoms with van der Waals surface area (Å²) in [5.74, 6) is -2.07. The van der Waals surface area contributed by atoms with Gasteiger partial charge in [-0.15, -0.1) is 0 Å². The summed E-state index contributed by atoms with van der Waals surface area (Å²) >= 11 is 0. The highest BCUT2D eigenvalue weighted by Crippen LogP contribution is 2.39. The molecule has 0 saturated heterocycles. The average molecular weight is 681 g/mol. The van der Waals surface area contributed by atoms with E-state index in [4.69, 9.17) is 5.73 Å². The van der Waals surface area contributed by atoms with Gasteiger partial charge in [-0.25, -0.2) is 0 Å². The Kier molecular flexibility index (Phi) is 11.2. The van der Waals surface area contributed by atoms with E-state index in [0.29, 0.717) is 19.4 Å². The molecule has 51 heavy (non-hydrogen) atoms. The molecule has 0 saturated carbocycles. The van der Waals surface area contributed by atoms with Crippen molar-refractivity contribution in [3.05, 3.63) is 127 Å². The fourth-order valence-corrected chi connectivity index (χ4v) is 7.32. The van der Waals surface area contributed by atoms with Crippen LogP contribution in [-0.4, -0.2) is 30.3 Å². The highest BCUT2D eigenvalue weighted by molar-refractivity contribution is 6.04. The van der Waals surface area contributed by atoms with Gasteiger partial charge >= 0.3 is 0 Å². The monoisotopic (exact) mass is 680 g/mol. The highest BCUT2D eigenvalue weighted by atomic mass is 16.2. The number of carbonyl (C=O) groups excluding carboxylic acids is 3. The summed E-state index contributed by atoms with van der Waals surface area (Å²) < 4.78 is 0. The van der Waals surface area contributed by atoms with Gasteiger partial charge in [0, 0.05) is 17.5 Å². The van der Waals surface area contributed by atoms with Crippen LogP contribution in [0.3, 0.4) is 0 Å². The van der Waals surface area contributed by atoms with Crippen LogP contribution in [0.5, 0.6) is 0 Å². The van der Waals surface area contributed by atoms with E-state index >= 15 is 0 Å². The molecule has 1 aliphatic heterocycles. The predicted octanol–water partition coefficient (Wildman–Crippen LogP) is 8.63. The number of rotatable bonds is 13. The number of carbonyl (C=O) groups is 3. The summed E-state index contributed by atoms with van der Waals surface area (Å²) in [7, 11) is 0. The zero-order chi connectivity index (χ0) is 35.9. The van der Waals surface area contributed by atoms with Gasteiger partial charge in [0.25, 0.3) is 5.91 Å². The number of hydrogen-bond acceptors (Lipinski definition) is 4. The first kappa shape index (κ1) is 35.4. The Bertz CT molecular complexity index is 1990. The summed E-state index contributed by atoms with van der Waals surface area (Å²) in [5.41, 5.74) is 11.6. The van der Waals surface area contributed by atoms with E-state index in [9.17, 15) is 14.4 Å². The number of anilines is 3. The second-order valence-corrected chi connectivity index (χ2v) is 14.1. The maximum atomic E-state index is 14.8. The minimum Gasteiger partial charge on any atom is -0.369 e. The fraction of sp³-hybridized carbons (Fsp3) is 0.295. The summed E-state index contributed by atoms with van der Waals surface area (Å²) in [6.45, 7) is 6.67. The maximum absolute atomic E-state index is 14.8. The molecule has 5 aromatic carbocycles. The fourth-order valence-electron chi connectivity index (χ4n) is 7.32. The van der Waals surface area contributed by atoms with E-state index in [1.165, 1.54) is 10.8 Å². The number of amides is 3. The molecular formula is C44H48N4O3. The quantitative estimate of drug-likeness (QED) is 0.130. The first-order valence-corrected chi connectivity index (χ1v) is 18.1. The number of nitrogens with one attached hydrogen (secondary N) is 1. The van der Waals surface area contributed by atoms with Crippen LogP contribution in [0.1, 0.15) is 52.0 Å². The van der Waals surface area contributed by atoms with Crippen LogP contribution in [0.15, 0.2) is 121 Å². The molecule has 0 spiro atoms. The summed E-state index contributed by atoms with van der Waals surface area (Å²) in [5, 5.41) is 5.50. The van der Waals surface area contributed by atoms with Crippen molar-refractivity contribution in [2.75, 3.05) is 16.3 Å². The van der Waals surface area contributed by atoms with Crippen molar-refractivity contribution >= 4 is 45.6 Å². The van der Waals surface area contributed by atoms with Gasteiger partial charge in [-0.1, -0.05) is 119 Å². The molecule has 3 atom stereocenters. The Hall–Kier alpha value is -5.43. The predicted molar refractivity (Wildman–Crippen MR) is 208 cm³/mol. The minimum absolute atomic E-state index is 0.158. The van der Waals surface area contributed by atoms with Gasteiger partial charge in [0.1, 0.15) is 6.04 Å². The second kappa shape index (κ2) is 16.1. The molecule has 0 radical (unpaired) electrons. The molecule has 1 heterocycles. The third-order valence-electron chi connectivity index (χ3n) is 9.91. The lowest BCUT2D eigenvalue weighted by atomic mass is 9.81. The molecule has 5 aromatic rings. The van der Waals surface area contributed by atoms with Crippen LogP contribution in [0.2, 0.25) is 0 Å². The Morgan fingerprint density at radius 1 is 0.784 bits per heavy atom. The molecule has 0 aromatic heterocycles. The normalized spacial score (nSPS) is 15.7. The Morgan fingerprint density at radius 3 is 2.20 bits per heavy atom. The third kappa shape index (κ3) is 8.15. The van der Waals surface area contributed by atoms with Crippen molar-refractivity contribution in [1.82, 2.24) is 5.32 Å². The van der Waals surface area contributed by atoms with Crippen molar-refractivity contribution in [2.45, 2.75) is 59.0 Å². The summed E-state index contributed by atoms with van der Waals surface area (Å²) in [4.78, 5) is 45.8. The van der Waals surface area contributed by atoms with Gasteiger partial charge in [0.2, 0.25) is 11.8 Å². The molecule has 3 unspecified atom stereocenters. The lowest BCUT2D eigenvalue weighted by Gasteiger charge is -2.30. The molecule has 7 nitrogen and oxygen atoms in total. The van der Waals surface area contributed by atoms with Gasteiger partial charge in [-0.2, -0.15) is 0 Å². The Balaban J connectivity index is 1.38. The average Bonchev–Trinajstić information content (AvgIpc) is 3.25. The zero-order valence-corrected chi connectivity index (χ0v) is 29.8. The number of benzene rings is 5. The number of nitrogens with two attached hydrogens (primary N) is 1. The molecule has 0 aliphatic carbocycles. The molecule has 262 valence electrons. The molecule has 3 amide bonds. The first-order valence-electron chi connectivity index (χ1n) is 18.1. The third-order valence-corrected chi connectivity index (χ3v) is 9.91. The van der Waals surface area contributed by atoms with Crippen molar-refractivity contribution in [1.29, 1.82) is 0 Å². The first-order chi connectivity index (χ1) is 24.7. The SMILES string of the molecule is CCCCC(C(N)=O)C(CC(C)C)C(=O)NC1CN(c2ccccc2)c2ccccc2N(Cc2cccc(-c3ccc4ccccc4c3)c2)C1=O. The molecule has 7 heteroatoms. The van der Waals surface area contributed by atoms with Crippen LogP contribution >= 0.6 is 0 Å². The van der Waals surface area contributed by atoms with Crippen molar-refractivity contribution < 1.29 is 14.4 Å². The number of hydrogen-bond donors (Lipinski definition) is 2. The van der Waals surface area contributed by atoms with Crippen LogP contribution in [0.25, 0.3) is 21.9 Å². The molecule has 1 aliphatic rings. The van der Waals surface area contributed by atoms with Gasteiger partial charge < -0.3 is 20.9 Å². The number of unbranched alkanes of at least 4 members (excludes halogenated alkanes) is 1. The van der Waals surface area contributed by atoms with E-state index in [1.54, 1.807) is 4.90 Å². The summed E-state index contributed by atoms with van der Waals surface area (Å²) in [6, 6.07) is 40.0. The summed E-state index contributed by atoms with van der Waals surface area (Å²) in [6.07, 6.45) is 2.72. The van der Waals surface area contributed by atoms with Gasteiger partial charge in [0.05, 0.1) is 24.5 Å². The number of para-hydroxylation sites is 3. The smallest absolute Gasteiger partial charge is 0.251 e. The number of nitrogens with zero attached hydrogens (tertiary/aromatic N) is 2. The lowest BCUT2D eigenvalue weighted by molar-refractivity contribution is -0.136. The Morgan fingerprint density at radius 2 is 1.47 bits per heavy atom. The van der Waals surface area contributed by atoms with Crippen molar-refractivity contribution in [2.24, 2.45) is 23.5 Å². The molecule has 3 N–H and O–H groups in total. The van der Waals surface area contributed by atoms with E-state index in [-0.39, 0.29) is 24.3 Å². The lowest BCUT2D eigenvalue weighted by Crippen LogP contribution is -2.54. The van der Waals surface area contributed by atoms with E-state index < -0.39 is 23.8 Å². The van der Waals surface area contributed by atoms with Crippen molar-refractivity contribution in [3.8, 4) is 11.1 Å². The number of fused-ring (bicyclic) bond motifs is 2. The van der Waals surface area contributed by atoms with Crippen LogP contribution in [0, 0.1) is 17.8 Å². The number of primary amides is 1. The highest BCUT2D eigenvalue weighted by Gasteiger charge is 2.39. The van der Waals surface area contributed by atoms with E-state index in [0.717, 1.165) is 46.6 Å². The molecule has 0 fully saturated rings. The molecule has 0 bridgehead atoms. The Labute approximate surface area is 301 Å². The molecule has 6 rings (SSSR count). The van der Waals surface area contributed by atoms with Gasteiger partial charge in [-0.05, 0) is 82.6 Å². The van der Waals surface area contributed by atoms with Crippen LogP contribution in [0.4, 0.5) is 17.1 Å². The maximum Gasteiger partial charge on any atom is 0.251 e. The molecular weight excluding hydrogens is 633 g/mol. The van der Waals surface area contributed by atoms with E-state index in [1.807, 2.05) is 92.7 Å². The topological polar surface area (TPSA) is 95.7 Å².